The molecule has 6 nitrogen and oxygen atoms in total. The normalized spacial score (nSPS) is 17.4. The molecule has 1 aromatic rings. The zero-order valence-electron chi connectivity index (χ0n) is 12.9. The number of rotatable bonds is 5. The smallest absolute Gasteiger partial charge is 0.409 e. The van der Waals surface area contributed by atoms with E-state index < -0.39 is 0 Å². The highest BCUT2D eigenvalue weighted by atomic mass is 16.6. The molecular weight excluding hydrogens is 282 g/mol. The molecule has 0 spiro atoms. The average Bonchev–Trinajstić information content (AvgIpc) is 3.01. The van der Waals surface area contributed by atoms with E-state index in [-0.39, 0.29) is 31.1 Å². The van der Waals surface area contributed by atoms with E-state index in [1.165, 1.54) is 0 Å². The molecule has 1 aliphatic rings. The lowest BCUT2D eigenvalue weighted by molar-refractivity contribution is -0.128. The summed E-state index contributed by atoms with van der Waals surface area (Å²) in [5.74, 6) is 0.251. The molecule has 120 valence electrons. The molecule has 0 aromatic heterocycles. The first-order chi connectivity index (χ1) is 10.6. The van der Waals surface area contributed by atoms with Crippen molar-refractivity contribution in [2.45, 2.75) is 13.0 Å². The number of carbonyl (C=O) groups is 2. The largest absolute Gasteiger partial charge is 0.445 e. The maximum absolute atomic E-state index is 12.0. The lowest BCUT2D eigenvalue weighted by atomic mass is 10.1. The van der Waals surface area contributed by atoms with E-state index in [0.29, 0.717) is 19.6 Å². The Morgan fingerprint density at radius 2 is 2.09 bits per heavy atom. The van der Waals surface area contributed by atoms with Gasteiger partial charge in [0, 0.05) is 26.7 Å². The second-order valence-corrected chi connectivity index (χ2v) is 5.62. The first-order valence-electron chi connectivity index (χ1n) is 7.49. The summed E-state index contributed by atoms with van der Waals surface area (Å²) in [6.45, 7) is 2.27. The van der Waals surface area contributed by atoms with Crippen LogP contribution in [0.3, 0.4) is 0 Å². The molecule has 2 N–H and O–H groups in total. The second-order valence-electron chi connectivity index (χ2n) is 5.62. The fraction of sp³-hybridized carbons (Fsp3) is 0.500. The lowest BCUT2D eigenvalue weighted by Crippen LogP contribution is -2.36. The number of carbonyl (C=O) groups excluding carboxylic acids is 2. The van der Waals surface area contributed by atoms with Crippen LogP contribution in [-0.4, -0.2) is 55.0 Å². The maximum Gasteiger partial charge on any atom is 0.409 e. The van der Waals surface area contributed by atoms with Crippen molar-refractivity contribution in [3.05, 3.63) is 35.9 Å². The van der Waals surface area contributed by atoms with E-state index >= 15 is 0 Å². The molecule has 1 atom stereocenters. The minimum atomic E-state index is -0.340. The van der Waals surface area contributed by atoms with Crippen LogP contribution in [0.1, 0.15) is 12.0 Å². The standard InChI is InChI=1S/C16H23N3O3/c1-18(10-14-7-8-19(11-14)15(20)9-17)16(21)22-12-13-5-3-2-4-6-13/h2-6,14H,7-12,17H2,1H3. The quantitative estimate of drug-likeness (QED) is 0.882. The summed E-state index contributed by atoms with van der Waals surface area (Å²) < 4.78 is 5.28. The molecule has 2 amide bonds. The van der Waals surface area contributed by atoms with E-state index in [0.717, 1.165) is 12.0 Å². The number of nitrogens with zero attached hydrogens (tertiary/aromatic N) is 2. The van der Waals surface area contributed by atoms with Crippen LogP contribution in [0, 0.1) is 5.92 Å². The predicted molar refractivity (Wildman–Crippen MR) is 83.0 cm³/mol. The summed E-state index contributed by atoms with van der Waals surface area (Å²) in [5, 5.41) is 0. The summed E-state index contributed by atoms with van der Waals surface area (Å²) in [5.41, 5.74) is 6.33. The van der Waals surface area contributed by atoms with Gasteiger partial charge in [0.1, 0.15) is 6.61 Å². The SMILES string of the molecule is CN(CC1CCN(C(=O)CN)C1)C(=O)OCc1ccccc1. The third kappa shape index (κ3) is 4.46. The van der Waals surface area contributed by atoms with Crippen LogP contribution in [0.15, 0.2) is 30.3 Å². The Bertz CT molecular complexity index is 507. The lowest BCUT2D eigenvalue weighted by Gasteiger charge is -2.21. The topological polar surface area (TPSA) is 75.9 Å². The van der Waals surface area contributed by atoms with E-state index in [1.807, 2.05) is 30.3 Å². The average molecular weight is 305 g/mol. The molecule has 1 unspecified atom stereocenters. The number of ether oxygens (including phenoxy) is 1. The molecular formula is C16H23N3O3. The Balaban J connectivity index is 1.74. The molecule has 6 heteroatoms. The molecule has 0 saturated carbocycles. The van der Waals surface area contributed by atoms with Gasteiger partial charge < -0.3 is 20.3 Å². The van der Waals surface area contributed by atoms with Crippen LogP contribution >= 0.6 is 0 Å². The molecule has 1 aliphatic heterocycles. The third-order valence-corrected chi connectivity index (χ3v) is 3.86. The van der Waals surface area contributed by atoms with Gasteiger partial charge in [-0.3, -0.25) is 4.79 Å². The first-order valence-corrected chi connectivity index (χ1v) is 7.49. The van der Waals surface area contributed by atoms with Gasteiger partial charge in [-0.25, -0.2) is 4.79 Å². The van der Waals surface area contributed by atoms with Crippen molar-refractivity contribution in [2.75, 3.05) is 33.2 Å². The van der Waals surface area contributed by atoms with Crippen molar-refractivity contribution < 1.29 is 14.3 Å². The van der Waals surface area contributed by atoms with Gasteiger partial charge in [0.05, 0.1) is 6.54 Å². The molecule has 1 aromatic carbocycles. The van der Waals surface area contributed by atoms with Gasteiger partial charge in [-0.05, 0) is 17.9 Å². The number of hydrogen-bond acceptors (Lipinski definition) is 4. The van der Waals surface area contributed by atoms with Gasteiger partial charge in [0.2, 0.25) is 5.91 Å². The maximum atomic E-state index is 12.0. The minimum Gasteiger partial charge on any atom is -0.445 e. The Labute approximate surface area is 130 Å². The van der Waals surface area contributed by atoms with Gasteiger partial charge in [0.15, 0.2) is 0 Å². The summed E-state index contributed by atoms with van der Waals surface area (Å²) in [6, 6.07) is 9.58. The Morgan fingerprint density at radius 1 is 1.36 bits per heavy atom. The van der Waals surface area contributed by atoms with Crippen LogP contribution in [0.5, 0.6) is 0 Å². The third-order valence-electron chi connectivity index (χ3n) is 3.86. The van der Waals surface area contributed by atoms with Gasteiger partial charge in [0.25, 0.3) is 0 Å². The van der Waals surface area contributed by atoms with Gasteiger partial charge >= 0.3 is 6.09 Å². The zero-order valence-corrected chi connectivity index (χ0v) is 12.9. The molecule has 1 saturated heterocycles. The van der Waals surface area contributed by atoms with E-state index in [4.69, 9.17) is 10.5 Å². The van der Waals surface area contributed by atoms with Crippen molar-refractivity contribution in [3.8, 4) is 0 Å². The summed E-state index contributed by atoms with van der Waals surface area (Å²) in [6.07, 6.45) is 0.551. The molecule has 0 radical (unpaired) electrons. The van der Waals surface area contributed by atoms with Crippen LogP contribution in [-0.2, 0) is 16.1 Å². The summed E-state index contributed by atoms with van der Waals surface area (Å²) in [7, 11) is 1.72. The zero-order chi connectivity index (χ0) is 15.9. The highest BCUT2D eigenvalue weighted by Crippen LogP contribution is 2.17. The fourth-order valence-electron chi connectivity index (χ4n) is 2.63. The molecule has 2 rings (SSSR count). The van der Waals surface area contributed by atoms with Gasteiger partial charge in [-0.1, -0.05) is 30.3 Å². The highest BCUT2D eigenvalue weighted by molar-refractivity contribution is 5.78. The molecule has 22 heavy (non-hydrogen) atoms. The van der Waals surface area contributed by atoms with Gasteiger partial charge in [-0.15, -0.1) is 0 Å². The van der Waals surface area contributed by atoms with Crippen molar-refractivity contribution in [1.82, 2.24) is 9.80 Å². The Hall–Kier alpha value is -2.08. The minimum absolute atomic E-state index is 0.0307. The number of amides is 2. The van der Waals surface area contributed by atoms with Crippen molar-refractivity contribution in [3.63, 3.8) is 0 Å². The Morgan fingerprint density at radius 3 is 2.77 bits per heavy atom. The van der Waals surface area contributed by atoms with Crippen molar-refractivity contribution >= 4 is 12.0 Å². The number of likely N-dealkylation sites (tertiary alicyclic amines) is 1. The molecule has 0 aliphatic carbocycles. The van der Waals surface area contributed by atoms with E-state index in [9.17, 15) is 9.59 Å². The number of hydrogen-bond donors (Lipinski definition) is 1. The predicted octanol–water partition coefficient (Wildman–Crippen LogP) is 1.06. The fourth-order valence-corrected chi connectivity index (χ4v) is 2.63. The van der Waals surface area contributed by atoms with Crippen LogP contribution in [0.4, 0.5) is 4.79 Å². The summed E-state index contributed by atoms with van der Waals surface area (Å²) >= 11 is 0. The first kappa shape index (κ1) is 16.3. The van der Waals surface area contributed by atoms with E-state index in [2.05, 4.69) is 0 Å². The second kappa shape index (κ2) is 7.79. The summed E-state index contributed by atoms with van der Waals surface area (Å²) in [4.78, 5) is 26.8. The number of nitrogens with two attached hydrogens (primary N) is 1. The number of benzene rings is 1. The van der Waals surface area contributed by atoms with Crippen LogP contribution in [0.25, 0.3) is 0 Å². The van der Waals surface area contributed by atoms with Crippen LogP contribution in [0.2, 0.25) is 0 Å². The molecule has 1 heterocycles. The van der Waals surface area contributed by atoms with Crippen molar-refractivity contribution in [2.24, 2.45) is 11.7 Å². The molecule has 0 bridgehead atoms. The van der Waals surface area contributed by atoms with Crippen LogP contribution < -0.4 is 5.73 Å². The Kier molecular flexibility index (Phi) is 5.77. The molecule has 1 fully saturated rings. The van der Waals surface area contributed by atoms with Gasteiger partial charge in [-0.2, -0.15) is 0 Å². The highest BCUT2D eigenvalue weighted by Gasteiger charge is 2.27. The van der Waals surface area contributed by atoms with E-state index in [1.54, 1.807) is 16.8 Å². The monoisotopic (exact) mass is 305 g/mol. The van der Waals surface area contributed by atoms with Crippen molar-refractivity contribution in [1.29, 1.82) is 0 Å².